The Hall–Kier alpha value is -3.16. The van der Waals surface area contributed by atoms with Gasteiger partial charge in [0.2, 0.25) is 11.8 Å². The number of carbonyl (C=O) groups is 4. The van der Waals surface area contributed by atoms with Gasteiger partial charge in [-0.2, -0.15) is 0 Å². The predicted octanol–water partition coefficient (Wildman–Crippen LogP) is 1.57. The van der Waals surface area contributed by atoms with E-state index in [2.05, 4.69) is 5.32 Å². The molecule has 29 heavy (non-hydrogen) atoms. The van der Waals surface area contributed by atoms with E-state index in [9.17, 15) is 19.2 Å². The van der Waals surface area contributed by atoms with Crippen LogP contribution in [0.4, 0.5) is 11.4 Å². The maximum Gasteiger partial charge on any atom is 0.329 e. The zero-order valence-corrected chi connectivity index (χ0v) is 16.8. The molecule has 0 radical (unpaired) electrons. The Bertz CT molecular complexity index is 820. The van der Waals surface area contributed by atoms with Gasteiger partial charge >= 0.3 is 5.97 Å². The lowest BCUT2D eigenvalue weighted by Gasteiger charge is -2.21. The van der Waals surface area contributed by atoms with Gasteiger partial charge in [0.1, 0.15) is 6.04 Å². The van der Waals surface area contributed by atoms with E-state index in [1.165, 1.54) is 6.92 Å². The monoisotopic (exact) mass is 399 g/mol. The van der Waals surface area contributed by atoms with Gasteiger partial charge in [-0.3, -0.25) is 19.3 Å². The molecule has 1 aliphatic carbocycles. The van der Waals surface area contributed by atoms with E-state index in [1.54, 1.807) is 12.1 Å². The number of hydrogen-bond donors (Lipinski definition) is 1. The topological polar surface area (TPSA) is 96.0 Å². The highest BCUT2D eigenvalue weighted by Gasteiger charge is 2.50. The Morgan fingerprint density at radius 2 is 1.66 bits per heavy atom. The summed E-state index contributed by atoms with van der Waals surface area (Å²) in [6.07, 6.45) is 4.77. The van der Waals surface area contributed by atoms with Crippen LogP contribution in [0.15, 0.2) is 36.4 Å². The number of esters is 1. The molecule has 0 aromatic heterocycles. The third-order valence-electron chi connectivity index (χ3n) is 5.28. The standard InChI is InChI=1S/C21H25N3O5/c1-13(24-19(26)16-6-4-5-7-17(16)20(24)27)21(28)29-12-18(25)22-14-8-10-15(11-9-14)23(2)3/h4-5,8-11,13,16-17H,6-7,12H2,1-3H3,(H,22,25)/t13-,16-,17-/m0/s1. The fourth-order valence-electron chi connectivity index (χ4n) is 3.61. The molecule has 0 bridgehead atoms. The molecule has 1 aromatic rings. The summed E-state index contributed by atoms with van der Waals surface area (Å²) in [6.45, 7) is 0.948. The van der Waals surface area contributed by atoms with Crippen molar-refractivity contribution in [2.45, 2.75) is 25.8 Å². The van der Waals surface area contributed by atoms with Crippen molar-refractivity contribution < 1.29 is 23.9 Å². The van der Waals surface area contributed by atoms with Crippen molar-refractivity contribution in [2.75, 3.05) is 30.9 Å². The molecule has 1 N–H and O–H groups in total. The van der Waals surface area contributed by atoms with Crippen LogP contribution < -0.4 is 10.2 Å². The number of allylic oxidation sites excluding steroid dienone is 2. The summed E-state index contributed by atoms with van der Waals surface area (Å²) in [5, 5.41) is 2.64. The van der Waals surface area contributed by atoms with Gasteiger partial charge in [-0.1, -0.05) is 12.2 Å². The second kappa shape index (κ2) is 8.46. The first-order valence-corrected chi connectivity index (χ1v) is 9.55. The van der Waals surface area contributed by atoms with Gasteiger partial charge in [0.15, 0.2) is 6.61 Å². The predicted molar refractivity (Wildman–Crippen MR) is 107 cm³/mol. The minimum atomic E-state index is -1.06. The largest absolute Gasteiger partial charge is 0.454 e. The lowest BCUT2D eigenvalue weighted by atomic mass is 9.85. The molecule has 0 unspecified atom stereocenters. The molecule has 2 aliphatic rings. The van der Waals surface area contributed by atoms with Crippen molar-refractivity contribution >= 4 is 35.1 Å². The average Bonchev–Trinajstić information content (AvgIpc) is 2.96. The van der Waals surface area contributed by atoms with Gasteiger partial charge in [-0.15, -0.1) is 0 Å². The Labute approximate surface area is 169 Å². The molecule has 1 saturated heterocycles. The Balaban J connectivity index is 1.53. The van der Waals surface area contributed by atoms with Gasteiger partial charge < -0.3 is 15.0 Å². The molecular formula is C21H25N3O5. The number of likely N-dealkylation sites (tertiary alicyclic amines) is 1. The number of rotatable bonds is 6. The van der Waals surface area contributed by atoms with Crippen molar-refractivity contribution in [3.8, 4) is 0 Å². The number of amides is 3. The lowest BCUT2D eigenvalue weighted by Crippen LogP contribution is -2.45. The number of nitrogens with one attached hydrogen (secondary N) is 1. The highest BCUT2D eigenvalue weighted by molar-refractivity contribution is 6.08. The fourth-order valence-corrected chi connectivity index (χ4v) is 3.61. The van der Waals surface area contributed by atoms with Crippen molar-refractivity contribution in [1.82, 2.24) is 4.90 Å². The molecule has 1 heterocycles. The summed E-state index contributed by atoms with van der Waals surface area (Å²) >= 11 is 0. The quantitative estimate of drug-likeness (QED) is 0.443. The maximum absolute atomic E-state index is 12.5. The van der Waals surface area contributed by atoms with E-state index in [4.69, 9.17) is 4.74 Å². The Morgan fingerprint density at radius 1 is 1.10 bits per heavy atom. The first-order chi connectivity index (χ1) is 13.8. The van der Waals surface area contributed by atoms with Crippen LogP contribution in [0.5, 0.6) is 0 Å². The molecule has 1 aliphatic heterocycles. The van der Waals surface area contributed by atoms with Crippen LogP contribution in [0.3, 0.4) is 0 Å². The Morgan fingerprint density at radius 3 is 2.17 bits per heavy atom. The summed E-state index contributed by atoms with van der Waals surface area (Å²) in [5.74, 6) is -2.79. The lowest BCUT2D eigenvalue weighted by molar-refractivity contribution is -0.159. The fraction of sp³-hybridized carbons (Fsp3) is 0.429. The highest BCUT2D eigenvalue weighted by atomic mass is 16.5. The Kier molecular flexibility index (Phi) is 6.00. The molecule has 3 atom stereocenters. The smallest absolute Gasteiger partial charge is 0.329 e. The number of benzene rings is 1. The van der Waals surface area contributed by atoms with Gasteiger partial charge in [-0.05, 0) is 44.0 Å². The van der Waals surface area contributed by atoms with Crippen molar-refractivity contribution in [2.24, 2.45) is 11.8 Å². The summed E-state index contributed by atoms with van der Waals surface area (Å²) < 4.78 is 5.04. The van der Waals surface area contributed by atoms with E-state index in [-0.39, 0.29) is 11.8 Å². The number of imide groups is 1. The zero-order valence-electron chi connectivity index (χ0n) is 16.8. The third-order valence-corrected chi connectivity index (χ3v) is 5.28. The minimum absolute atomic E-state index is 0.348. The molecule has 3 rings (SSSR count). The molecule has 8 heteroatoms. The summed E-state index contributed by atoms with van der Waals surface area (Å²) in [7, 11) is 3.82. The molecule has 0 spiro atoms. The van der Waals surface area contributed by atoms with E-state index < -0.39 is 36.4 Å². The summed E-state index contributed by atoms with van der Waals surface area (Å²) in [6, 6.07) is 6.13. The first-order valence-electron chi connectivity index (χ1n) is 9.55. The number of carbonyl (C=O) groups excluding carboxylic acids is 4. The van der Waals surface area contributed by atoms with Crippen molar-refractivity contribution in [3.63, 3.8) is 0 Å². The van der Waals surface area contributed by atoms with Crippen LogP contribution in [0.25, 0.3) is 0 Å². The van der Waals surface area contributed by atoms with Gasteiger partial charge in [0.25, 0.3) is 5.91 Å². The summed E-state index contributed by atoms with van der Waals surface area (Å²) in [4.78, 5) is 52.4. The molecule has 3 amide bonds. The molecule has 154 valence electrons. The molecule has 8 nitrogen and oxygen atoms in total. The maximum atomic E-state index is 12.5. The van der Waals surface area contributed by atoms with E-state index in [1.807, 2.05) is 43.3 Å². The molecular weight excluding hydrogens is 374 g/mol. The number of nitrogens with zero attached hydrogens (tertiary/aromatic N) is 2. The van der Waals surface area contributed by atoms with Crippen LogP contribution in [0.2, 0.25) is 0 Å². The second-order valence-corrected chi connectivity index (χ2v) is 7.48. The number of anilines is 2. The number of ether oxygens (including phenoxy) is 1. The van der Waals surface area contributed by atoms with E-state index >= 15 is 0 Å². The first kappa shape index (κ1) is 20.6. The molecule has 1 fully saturated rings. The van der Waals surface area contributed by atoms with Crippen LogP contribution >= 0.6 is 0 Å². The van der Waals surface area contributed by atoms with Gasteiger partial charge in [0, 0.05) is 25.5 Å². The number of hydrogen-bond acceptors (Lipinski definition) is 6. The summed E-state index contributed by atoms with van der Waals surface area (Å²) in [5.41, 5.74) is 1.56. The van der Waals surface area contributed by atoms with Crippen LogP contribution in [-0.4, -0.2) is 55.3 Å². The van der Waals surface area contributed by atoms with Crippen LogP contribution in [0, 0.1) is 11.8 Å². The average molecular weight is 399 g/mol. The van der Waals surface area contributed by atoms with Gasteiger partial charge in [0.05, 0.1) is 11.8 Å². The molecule has 0 saturated carbocycles. The third kappa shape index (κ3) is 4.31. The van der Waals surface area contributed by atoms with E-state index in [0.29, 0.717) is 18.5 Å². The highest BCUT2D eigenvalue weighted by Crippen LogP contribution is 2.36. The van der Waals surface area contributed by atoms with Crippen LogP contribution in [-0.2, 0) is 23.9 Å². The normalized spacial score (nSPS) is 21.6. The molecule has 1 aromatic carbocycles. The number of fused-ring (bicyclic) bond motifs is 1. The van der Waals surface area contributed by atoms with Crippen LogP contribution in [0.1, 0.15) is 19.8 Å². The van der Waals surface area contributed by atoms with Gasteiger partial charge in [-0.25, -0.2) is 4.79 Å². The van der Waals surface area contributed by atoms with Crippen molar-refractivity contribution in [3.05, 3.63) is 36.4 Å². The minimum Gasteiger partial charge on any atom is -0.454 e. The van der Waals surface area contributed by atoms with E-state index in [0.717, 1.165) is 10.6 Å². The van der Waals surface area contributed by atoms with Crippen molar-refractivity contribution in [1.29, 1.82) is 0 Å². The SMILES string of the molecule is C[C@@H](C(=O)OCC(=O)Nc1ccc(N(C)C)cc1)N1C(=O)[C@H]2CC=CC[C@@H]2C1=O. The second-order valence-electron chi connectivity index (χ2n) is 7.48. The zero-order chi connectivity index (χ0) is 21.1.